The molecule has 19 heteroatoms. The summed E-state index contributed by atoms with van der Waals surface area (Å²) in [6.45, 7) is 7.36. The fraction of sp³-hybridized carbons (Fsp3) is 0.951. The van der Waals surface area contributed by atoms with E-state index >= 15 is 0 Å². The second-order valence-corrected chi connectivity index (χ2v) is 32.3. The molecule has 100 heavy (non-hydrogen) atoms. The van der Waals surface area contributed by atoms with Crippen molar-refractivity contribution in [1.29, 1.82) is 0 Å². The molecular formula is C81H158O17P2. The Morgan fingerprint density at radius 2 is 0.480 bits per heavy atom. The van der Waals surface area contributed by atoms with E-state index in [-0.39, 0.29) is 25.7 Å². The molecule has 0 saturated carbocycles. The van der Waals surface area contributed by atoms with Gasteiger partial charge in [0.05, 0.1) is 26.4 Å². The predicted molar refractivity (Wildman–Crippen MR) is 409 cm³/mol. The lowest BCUT2D eigenvalue weighted by Crippen LogP contribution is -2.30. The molecule has 0 spiro atoms. The van der Waals surface area contributed by atoms with Crippen LogP contribution in [-0.4, -0.2) is 96.7 Å². The van der Waals surface area contributed by atoms with E-state index in [1.807, 2.05) is 0 Å². The molecular weight excluding hydrogens is 1310 g/mol. The number of carbonyl (C=O) groups is 4. The lowest BCUT2D eigenvalue weighted by molar-refractivity contribution is -0.161. The molecule has 17 nitrogen and oxygen atoms in total. The molecule has 0 aliphatic carbocycles. The number of aliphatic hydroxyl groups excluding tert-OH is 1. The highest BCUT2D eigenvalue weighted by molar-refractivity contribution is 7.47. The first kappa shape index (κ1) is 98.1. The van der Waals surface area contributed by atoms with Crippen molar-refractivity contribution in [2.24, 2.45) is 5.92 Å². The summed E-state index contributed by atoms with van der Waals surface area (Å²) in [6.07, 6.45) is 65.3. The number of carbonyl (C=O) groups excluding carboxylic acids is 4. The van der Waals surface area contributed by atoms with Gasteiger partial charge in [-0.1, -0.05) is 381 Å². The third-order valence-electron chi connectivity index (χ3n) is 19.4. The highest BCUT2D eigenvalue weighted by Crippen LogP contribution is 2.45. The van der Waals surface area contributed by atoms with Crippen molar-refractivity contribution in [2.45, 2.75) is 451 Å². The van der Waals surface area contributed by atoms with Gasteiger partial charge in [0.15, 0.2) is 12.2 Å². The van der Waals surface area contributed by atoms with Crippen LogP contribution in [0.25, 0.3) is 0 Å². The Bertz CT molecular complexity index is 1910. The van der Waals surface area contributed by atoms with Gasteiger partial charge in [-0.05, 0) is 31.6 Å². The lowest BCUT2D eigenvalue weighted by atomic mass is 9.99. The van der Waals surface area contributed by atoms with Crippen molar-refractivity contribution in [3.8, 4) is 0 Å². The number of unbranched alkanes of at least 4 members (excludes halogenated alkanes) is 52. The Labute approximate surface area is 613 Å². The fourth-order valence-electron chi connectivity index (χ4n) is 12.6. The third-order valence-corrected chi connectivity index (χ3v) is 21.3. The van der Waals surface area contributed by atoms with Crippen LogP contribution in [0.1, 0.15) is 433 Å². The Balaban J connectivity index is 5.18. The predicted octanol–water partition coefficient (Wildman–Crippen LogP) is 24.4. The van der Waals surface area contributed by atoms with Gasteiger partial charge in [-0.15, -0.1) is 0 Å². The maximum atomic E-state index is 13.1. The van der Waals surface area contributed by atoms with E-state index in [1.54, 1.807) is 0 Å². The first-order valence-electron chi connectivity index (χ1n) is 42.2. The van der Waals surface area contributed by atoms with Gasteiger partial charge >= 0.3 is 39.5 Å². The standard InChI is InChI=1S/C81H158O17P2/c1-6-10-13-16-19-22-24-25-26-27-28-29-30-31-32-33-38-42-47-52-57-62-67-81(86)98-77(71-92-79(84)65-60-55-50-45-41-37-35-34-36-40-44-48-53-58-63-74(5)9-4)73-96-100(89,90)94-69-75(82)68-93-99(87,88)95-72-76(70-91-78(83)64-59-54-49-43-21-18-15-12-8-3)97-80(85)66-61-56-51-46-39-23-20-17-14-11-7-2/h74-77,82H,6-73H2,1-5H3,(H,87,88)(H,89,90)/t74?,75-,76+,77+/m0/s1. The second kappa shape index (κ2) is 73.9. The zero-order valence-electron chi connectivity index (χ0n) is 65.3. The zero-order valence-corrected chi connectivity index (χ0v) is 67.1. The van der Waals surface area contributed by atoms with Crippen molar-refractivity contribution in [3.05, 3.63) is 0 Å². The maximum absolute atomic E-state index is 13.1. The molecule has 0 amide bonds. The SMILES string of the molecule is CCCCCCCCCCCCCCCCCCCCCCCCC(=O)O[C@H](COC(=O)CCCCCCCCCCCCCCCCC(C)CC)COP(=O)(O)OC[C@@H](O)COP(=O)(O)OC[C@@H](COC(=O)CCCCCCCCCCC)OC(=O)CCCCCCCCCCCCC. The summed E-state index contributed by atoms with van der Waals surface area (Å²) in [7, 11) is -9.91. The van der Waals surface area contributed by atoms with Crippen molar-refractivity contribution < 1.29 is 80.2 Å². The number of aliphatic hydroxyl groups is 1. The largest absolute Gasteiger partial charge is 0.472 e. The summed E-state index contributed by atoms with van der Waals surface area (Å²) in [5.41, 5.74) is 0. The van der Waals surface area contributed by atoms with E-state index in [0.717, 1.165) is 95.8 Å². The van der Waals surface area contributed by atoms with Gasteiger partial charge < -0.3 is 33.8 Å². The molecule has 0 aromatic rings. The van der Waals surface area contributed by atoms with Gasteiger partial charge in [0.1, 0.15) is 19.3 Å². The van der Waals surface area contributed by atoms with Crippen LogP contribution in [0.3, 0.4) is 0 Å². The molecule has 594 valence electrons. The highest BCUT2D eigenvalue weighted by atomic mass is 31.2. The summed E-state index contributed by atoms with van der Waals surface area (Å²) in [4.78, 5) is 72.9. The smallest absolute Gasteiger partial charge is 0.462 e. The van der Waals surface area contributed by atoms with Crippen LogP contribution >= 0.6 is 15.6 Å². The molecule has 0 aromatic heterocycles. The Hall–Kier alpha value is -1.94. The number of hydrogen-bond donors (Lipinski definition) is 3. The van der Waals surface area contributed by atoms with Crippen molar-refractivity contribution >= 4 is 39.5 Å². The van der Waals surface area contributed by atoms with E-state index in [0.29, 0.717) is 25.7 Å². The molecule has 0 heterocycles. The average Bonchev–Trinajstić information content (AvgIpc) is 0.952. The Kier molecular flexibility index (Phi) is 72.5. The van der Waals surface area contributed by atoms with Gasteiger partial charge in [0.2, 0.25) is 0 Å². The summed E-state index contributed by atoms with van der Waals surface area (Å²) in [5, 5.41) is 10.6. The van der Waals surface area contributed by atoms with Crippen LogP contribution in [-0.2, 0) is 65.4 Å². The van der Waals surface area contributed by atoms with Gasteiger partial charge in [-0.3, -0.25) is 37.3 Å². The lowest BCUT2D eigenvalue weighted by Gasteiger charge is -2.21. The minimum Gasteiger partial charge on any atom is -0.462 e. The molecule has 3 N–H and O–H groups in total. The second-order valence-electron chi connectivity index (χ2n) is 29.4. The van der Waals surface area contributed by atoms with Crippen LogP contribution in [0.4, 0.5) is 0 Å². The van der Waals surface area contributed by atoms with Gasteiger partial charge in [0, 0.05) is 25.7 Å². The van der Waals surface area contributed by atoms with Crippen molar-refractivity contribution in [1.82, 2.24) is 0 Å². The number of ether oxygens (including phenoxy) is 4. The van der Waals surface area contributed by atoms with E-state index in [4.69, 9.17) is 37.0 Å². The van der Waals surface area contributed by atoms with E-state index < -0.39 is 97.5 Å². The molecule has 0 saturated heterocycles. The Morgan fingerprint density at radius 3 is 0.710 bits per heavy atom. The van der Waals surface area contributed by atoms with Crippen LogP contribution in [0.5, 0.6) is 0 Å². The maximum Gasteiger partial charge on any atom is 0.472 e. The average molecular weight is 1470 g/mol. The minimum atomic E-state index is -4.96. The zero-order chi connectivity index (χ0) is 73.4. The van der Waals surface area contributed by atoms with E-state index in [1.165, 1.54) is 257 Å². The van der Waals surface area contributed by atoms with Gasteiger partial charge in [-0.25, -0.2) is 9.13 Å². The summed E-state index contributed by atoms with van der Waals surface area (Å²) >= 11 is 0. The summed E-state index contributed by atoms with van der Waals surface area (Å²) in [6, 6.07) is 0. The number of phosphoric ester groups is 2. The van der Waals surface area contributed by atoms with Crippen LogP contribution < -0.4 is 0 Å². The molecule has 6 atom stereocenters. The van der Waals surface area contributed by atoms with Crippen molar-refractivity contribution in [3.63, 3.8) is 0 Å². The monoisotopic (exact) mass is 1470 g/mol. The number of rotatable bonds is 81. The number of esters is 4. The highest BCUT2D eigenvalue weighted by Gasteiger charge is 2.30. The van der Waals surface area contributed by atoms with Crippen LogP contribution in [0, 0.1) is 5.92 Å². The topological polar surface area (TPSA) is 237 Å². The van der Waals surface area contributed by atoms with Gasteiger partial charge in [0.25, 0.3) is 0 Å². The van der Waals surface area contributed by atoms with E-state index in [9.17, 15) is 43.2 Å². The first-order valence-corrected chi connectivity index (χ1v) is 45.2. The molecule has 0 radical (unpaired) electrons. The molecule has 3 unspecified atom stereocenters. The van der Waals surface area contributed by atoms with Crippen LogP contribution in [0.15, 0.2) is 0 Å². The van der Waals surface area contributed by atoms with Crippen LogP contribution in [0.2, 0.25) is 0 Å². The summed E-state index contributed by atoms with van der Waals surface area (Å²) in [5.74, 6) is -1.26. The van der Waals surface area contributed by atoms with E-state index in [2.05, 4.69) is 34.6 Å². The normalized spacial score (nSPS) is 14.1. The molecule has 0 rings (SSSR count). The summed E-state index contributed by atoms with van der Waals surface area (Å²) < 4.78 is 68.6. The third kappa shape index (κ3) is 73.0. The molecule has 0 fully saturated rings. The fourth-order valence-corrected chi connectivity index (χ4v) is 14.1. The number of hydrogen-bond acceptors (Lipinski definition) is 15. The minimum absolute atomic E-state index is 0.107. The Morgan fingerprint density at radius 1 is 0.280 bits per heavy atom. The first-order chi connectivity index (χ1) is 48.6. The number of phosphoric acid groups is 2. The van der Waals surface area contributed by atoms with Crippen molar-refractivity contribution in [2.75, 3.05) is 39.6 Å². The molecule has 0 aliphatic rings. The molecule has 0 aliphatic heterocycles. The quantitative estimate of drug-likeness (QED) is 0.0222. The molecule has 0 aromatic carbocycles. The van der Waals surface area contributed by atoms with Gasteiger partial charge in [-0.2, -0.15) is 0 Å². The molecule has 0 bridgehead atoms.